The summed E-state index contributed by atoms with van der Waals surface area (Å²) < 4.78 is 0. The Morgan fingerprint density at radius 2 is 2.12 bits per heavy atom. The summed E-state index contributed by atoms with van der Waals surface area (Å²) in [6.07, 6.45) is 11.6. The normalized spacial score (nSPS) is 16.1. The number of aromatic hydroxyl groups is 1. The third-order valence-corrected chi connectivity index (χ3v) is 4.63. The molecule has 24 heavy (non-hydrogen) atoms. The molecule has 0 amide bonds. The number of likely N-dealkylation sites (N-methyl/N-ethyl adjacent to an activating group) is 1. The molecule has 2 heterocycles. The monoisotopic (exact) mass is 321 g/mol. The van der Waals surface area contributed by atoms with Gasteiger partial charge in [-0.3, -0.25) is 4.79 Å². The van der Waals surface area contributed by atoms with Gasteiger partial charge in [-0.05, 0) is 35.8 Å². The molecule has 0 atom stereocenters. The van der Waals surface area contributed by atoms with E-state index < -0.39 is 0 Å². The Kier molecular flexibility index (Phi) is 3.41. The summed E-state index contributed by atoms with van der Waals surface area (Å²) in [6, 6.07) is 2.00. The van der Waals surface area contributed by atoms with Gasteiger partial charge in [0.25, 0.3) is 0 Å². The van der Waals surface area contributed by atoms with Crippen molar-refractivity contribution in [2.24, 2.45) is 0 Å². The lowest BCUT2D eigenvalue weighted by Gasteiger charge is -2.26. The molecule has 0 radical (unpaired) electrons. The van der Waals surface area contributed by atoms with E-state index in [1.165, 1.54) is 5.56 Å². The first kappa shape index (κ1) is 14.6. The van der Waals surface area contributed by atoms with Crippen molar-refractivity contribution in [1.29, 1.82) is 0 Å². The molecule has 2 aromatic rings. The van der Waals surface area contributed by atoms with Crippen LogP contribution >= 0.6 is 0 Å². The van der Waals surface area contributed by atoms with Crippen LogP contribution in [-0.4, -0.2) is 36.0 Å². The van der Waals surface area contributed by atoms with Crippen molar-refractivity contribution in [2.45, 2.75) is 6.42 Å². The van der Waals surface area contributed by atoms with E-state index in [0.717, 1.165) is 35.1 Å². The minimum atomic E-state index is 0.00731. The Balaban J connectivity index is 1.62. The molecule has 0 saturated heterocycles. The molecule has 0 saturated carbocycles. The highest BCUT2D eigenvalue weighted by atomic mass is 16.3. The number of phenols is 1. The Morgan fingerprint density at radius 1 is 1.33 bits per heavy atom. The van der Waals surface area contributed by atoms with Gasteiger partial charge in [0.2, 0.25) is 0 Å². The molecule has 0 fully saturated rings. The van der Waals surface area contributed by atoms with Crippen molar-refractivity contribution in [3.8, 4) is 5.75 Å². The van der Waals surface area contributed by atoms with Crippen LogP contribution in [0.15, 0.2) is 48.2 Å². The molecule has 5 heteroatoms. The van der Waals surface area contributed by atoms with E-state index in [1.807, 2.05) is 18.3 Å². The first-order valence-electron chi connectivity index (χ1n) is 8.04. The van der Waals surface area contributed by atoms with Crippen molar-refractivity contribution in [3.05, 3.63) is 53.8 Å². The lowest BCUT2D eigenvalue weighted by atomic mass is 10.0. The van der Waals surface area contributed by atoms with E-state index >= 15 is 0 Å². The van der Waals surface area contributed by atoms with Gasteiger partial charge in [-0.1, -0.05) is 18.2 Å². The summed E-state index contributed by atoms with van der Waals surface area (Å²) in [6.45, 7) is 1.53. The Labute approximate surface area is 140 Å². The molecule has 1 aliphatic heterocycles. The predicted molar refractivity (Wildman–Crippen MR) is 96.8 cm³/mol. The number of ketones is 1. The number of allylic oxidation sites excluding steroid dienone is 5. The number of nitrogens with one attached hydrogen (secondary N) is 2. The fourth-order valence-electron chi connectivity index (χ4n) is 3.28. The highest BCUT2D eigenvalue weighted by Gasteiger charge is 2.21. The van der Waals surface area contributed by atoms with Gasteiger partial charge >= 0.3 is 0 Å². The van der Waals surface area contributed by atoms with Gasteiger partial charge in [0.1, 0.15) is 0 Å². The highest BCUT2D eigenvalue weighted by Crippen LogP contribution is 2.42. The second kappa shape index (κ2) is 5.60. The van der Waals surface area contributed by atoms with E-state index in [1.54, 1.807) is 24.3 Å². The first-order valence-corrected chi connectivity index (χ1v) is 8.04. The predicted octanol–water partition coefficient (Wildman–Crippen LogP) is 2.90. The fourth-order valence-corrected chi connectivity index (χ4v) is 3.28. The summed E-state index contributed by atoms with van der Waals surface area (Å²) in [5.74, 6) is 0.256. The maximum absolute atomic E-state index is 11.1. The summed E-state index contributed by atoms with van der Waals surface area (Å²) in [5.41, 5.74) is 4.85. The average Bonchev–Trinajstić information content (AvgIpc) is 3.01. The molecule has 2 aliphatic rings. The zero-order valence-electron chi connectivity index (χ0n) is 13.5. The van der Waals surface area contributed by atoms with Crippen LogP contribution in [0.1, 0.15) is 5.56 Å². The molecular weight excluding hydrogens is 302 g/mol. The number of phenolic OH excluding ortho intramolecular Hbond substituents is 1. The van der Waals surface area contributed by atoms with Crippen LogP contribution in [0.2, 0.25) is 0 Å². The van der Waals surface area contributed by atoms with Crippen molar-refractivity contribution < 1.29 is 9.90 Å². The van der Waals surface area contributed by atoms with E-state index in [2.05, 4.69) is 22.2 Å². The van der Waals surface area contributed by atoms with Crippen molar-refractivity contribution >= 4 is 28.1 Å². The lowest BCUT2D eigenvalue weighted by Crippen LogP contribution is -2.23. The molecule has 5 nitrogen and oxygen atoms in total. The number of carbonyl (C=O) groups excluding carboxylic acids is 1. The van der Waals surface area contributed by atoms with Gasteiger partial charge in [-0.25, -0.2) is 0 Å². The third-order valence-electron chi connectivity index (χ3n) is 4.63. The van der Waals surface area contributed by atoms with Crippen LogP contribution in [0.25, 0.3) is 10.9 Å². The van der Waals surface area contributed by atoms with Crippen LogP contribution in [0, 0.1) is 0 Å². The molecule has 0 unspecified atom stereocenters. The number of hydrogen-bond acceptors (Lipinski definition) is 4. The standard InChI is InChI=1S/C19H19N3O2/c1-22-9-7-13-11-21-18-17(13)16(22)10-15(19(18)24)20-8-6-12-2-4-14(23)5-3-12/h2-6,10-11,20-21,24H,7-9H2,1H3. The fraction of sp³-hybridized carbons (Fsp3) is 0.211. The Bertz CT molecular complexity index is 900. The second-order valence-electron chi connectivity index (χ2n) is 6.18. The first-order chi connectivity index (χ1) is 11.6. The maximum Gasteiger partial charge on any atom is 0.178 e. The largest absolute Gasteiger partial charge is 0.504 e. The van der Waals surface area contributed by atoms with Crippen LogP contribution < -0.4 is 10.2 Å². The van der Waals surface area contributed by atoms with Crippen LogP contribution in [0.4, 0.5) is 11.4 Å². The molecular formula is C19H19N3O2. The topological polar surface area (TPSA) is 68.4 Å². The number of nitrogens with zero attached hydrogens (tertiary/aromatic N) is 1. The van der Waals surface area contributed by atoms with E-state index in [9.17, 15) is 9.90 Å². The highest BCUT2D eigenvalue weighted by molar-refractivity contribution is 6.03. The van der Waals surface area contributed by atoms with Crippen LogP contribution in [0.3, 0.4) is 0 Å². The SMILES string of the molecule is CN1CCc2c[nH]c3c(O)c(NCC=C4C=CC(=O)C=C4)cc1c23. The molecule has 0 bridgehead atoms. The van der Waals surface area contributed by atoms with Gasteiger partial charge in [-0.15, -0.1) is 0 Å². The van der Waals surface area contributed by atoms with Crippen molar-refractivity contribution in [2.75, 3.05) is 30.4 Å². The van der Waals surface area contributed by atoms with Crippen molar-refractivity contribution in [1.82, 2.24) is 4.98 Å². The molecule has 1 aliphatic carbocycles. The summed E-state index contributed by atoms with van der Waals surface area (Å²) in [7, 11) is 2.07. The quantitative estimate of drug-likeness (QED) is 0.760. The third kappa shape index (κ3) is 2.38. The number of H-pyrrole nitrogens is 1. The number of aromatic amines is 1. The molecule has 1 aromatic heterocycles. The van der Waals surface area contributed by atoms with E-state index in [-0.39, 0.29) is 11.5 Å². The second-order valence-corrected chi connectivity index (χ2v) is 6.18. The summed E-state index contributed by atoms with van der Waals surface area (Å²) >= 11 is 0. The zero-order chi connectivity index (χ0) is 16.7. The van der Waals surface area contributed by atoms with E-state index in [0.29, 0.717) is 12.2 Å². The molecule has 3 N–H and O–H groups in total. The van der Waals surface area contributed by atoms with Gasteiger partial charge in [0.05, 0.1) is 11.2 Å². The number of anilines is 2. The minimum Gasteiger partial charge on any atom is -0.504 e. The lowest BCUT2D eigenvalue weighted by molar-refractivity contribution is -0.110. The van der Waals surface area contributed by atoms with Gasteiger partial charge in [0, 0.05) is 37.4 Å². The number of aromatic nitrogens is 1. The molecule has 122 valence electrons. The number of benzene rings is 1. The number of hydrogen-bond donors (Lipinski definition) is 3. The number of carbonyl (C=O) groups is 1. The zero-order valence-corrected chi connectivity index (χ0v) is 13.5. The maximum atomic E-state index is 11.1. The Hall–Kier alpha value is -2.95. The van der Waals surface area contributed by atoms with Crippen LogP contribution in [-0.2, 0) is 11.2 Å². The molecule has 4 rings (SSSR count). The molecule has 1 aromatic carbocycles. The number of rotatable bonds is 3. The molecule has 0 spiro atoms. The minimum absolute atomic E-state index is 0.00731. The van der Waals surface area contributed by atoms with Crippen LogP contribution in [0.5, 0.6) is 5.75 Å². The van der Waals surface area contributed by atoms with Gasteiger partial charge in [-0.2, -0.15) is 0 Å². The van der Waals surface area contributed by atoms with Gasteiger partial charge < -0.3 is 20.3 Å². The smallest absolute Gasteiger partial charge is 0.178 e. The van der Waals surface area contributed by atoms with Gasteiger partial charge in [0.15, 0.2) is 11.5 Å². The summed E-state index contributed by atoms with van der Waals surface area (Å²) in [4.78, 5) is 16.5. The van der Waals surface area contributed by atoms with E-state index in [4.69, 9.17) is 0 Å². The average molecular weight is 321 g/mol. The van der Waals surface area contributed by atoms with Crippen molar-refractivity contribution in [3.63, 3.8) is 0 Å². The Morgan fingerprint density at radius 3 is 2.92 bits per heavy atom. The summed E-state index contributed by atoms with van der Waals surface area (Å²) in [5, 5.41) is 14.9.